The molecule has 3 aromatic carbocycles. The summed E-state index contributed by atoms with van der Waals surface area (Å²) in [6.45, 7) is 11.7. The van der Waals surface area contributed by atoms with Crippen LogP contribution in [0.1, 0.15) is 148 Å². The fraction of sp³-hybridized carbons (Fsp3) is 0.623. The monoisotopic (exact) mass is 931 g/mol. The van der Waals surface area contributed by atoms with Gasteiger partial charge in [0.05, 0.1) is 52.5 Å². The Morgan fingerprint density at radius 2 is 1.17 bits per heavy atom. The van der Waals surface area contributed by atoms with Gasteiger partial charge in [0.1, 0.15) is 43.3 Å². The lowest BCUT2D eigenvalue weighted by atomic mass is 9.80. The van der Waals surface area contributed by atoms with Crippen LogP contribution in [-0.2, 0) is 38.4 Å². The maximum Gasteiger partial charge on any atom is 0.302 e. The van der Waals surface area contributed by atoms with Crippen LogP contribution < -0.4 is 9.47 Å². The molecule has 0 aliphatic carbocycles. The van der Waals surface area contributed by atoms with Crippen LogP contribution in [0.15, 0.2) is 78.9 Å². The first-order valence-electron chi connectivity index (χ1n) is 24.7. The van der Waals surface area contributed by atoms with E-state index < -0.39 is 26.3 Å². The van der Waals surface area contributed by atoms with Crippen LogP contribution in [0.3, 0.4) is 0 Å². The van der Waals surface area contributed by atoms with Crippen molar-refractivity contribution in [3.05, 3.63) is 95.6 Å². The Hall–Kier alpha value is -3.53. The number of nitrogens with zero attached hydrogens (tertiary/aromatic N) is 2. The van der Waals surface area contributed by atoms with Crippen molar-refractivity contribution in [1.82, 2.24) is 4.67 Å². The van der Waals surface area contributed by atoms with E-state index in [-0.39, 0.29) is 49.8 Å². The van der Waals surface area contributed by atoms with Crippen molar-refractivity contribution in [2.75, 3.05) is 40.6 Å². The number of hydrogen-bond donors (Lipinski definition) is 0. The maximum atomic E-state index is 10.9. The van der Waals surface area contributed by atoms with Gasteiger partial charge >= 0.3 is 5.97 Å². The smallest absolute Gasteiger partial charge is 0.302 e. The third kappa shape index (κ3) is 17.5. The number of esters is 1. The second-order valence-electron chi connectivity index (χ2n) is 17.9. The summed E-state index contributed by atoms with van der Waals surface area (Å²) in [6, 6.07) is 28.6. The Morgan fingerprint density at radius 1 is 0.697 bits per heavy atom. The highest BCUT2D eigenvalue weighted by Gasteiger charge is 2.49. The zero-order valence-corrected chi connectivity index (χ0v) is 42.3. The van der Waals surface area contributed by atoms with Gasteiger partial charge in [-0.05, 0) is 81.5 Å². The Morgan fingerprint density at radius 3 is 1.62 bits per heavy atom. The van der Waals surface area contributed by atoms with Gasteiger partial charge in [-0.1, -0.05) is 132 Å². The highest BCUT2D eigenvalue weighted by molar-refractivity contribution is 7.44. The molecule has 0 radical (unpaired) electrons. The topological polar surface area (TPSA) is 118 Å². The molecule has 4 rings (SSSR count). The predicted octanol–water partition coefficient (Wildman–Crippen LogP) is 11.4. The first kappa shape index (κ1) is 55.1. The predicted molar refractivity (Wildman–Crippen MR) is 267 cm³/mol. The first-order valence-corrected chi connectivity index (χ1v) is 25.8. The maximum absolute atomic E-state index is 10.9. The summed E-state index contributed by atoms with van der Waals surface area (Å²) in [4.78, 5) is 10.9. The summed E-state index contributed by atoms with van der Waals surface area (Å²) in [7, 11) is 3.81. The molecule has 11 nitrogen and oxygen atoms in total. The number of hydrogen-bond acceptors (Lipinski definition) is 11. The largest absolute Gasteiger partial charge is 0.497 e. The minimum Gasteiger partial charge on any atom is -0.497 e. The van der Waals surface area contributed by atoms with E-state index in [0.29, 0.717) is 13.2 Å². The zero-order chi connectivity index (χ0) is 47.6. The molecule has 1 heterocycles. The van der Waals surface area contributed by atoms with Gasteiger partial charge in [0.15, 0.2) is 0 Å². The normalized spacial score (nSPS) is 17.9. The van der Waals surface area contributed by atoms with Gasteiger partial charge in [0.25, 0.3) is 8.53 Å². The molecule has 1 unspecified atom stereocenters. The molecule has 0 N–H and O–H groups in total. The standard InChI is InChI=1S/C53H80BN2O9P/c1-41(2)56(42(3)4)66(63-39-25-36-55)65-50-49(64-52(54)51(50)61-38-24-19-17-15-13-11-9-8-10-12-14-16-18-23-37-60-43(5)57)40-62-53(44-26-21-20-22-27-44,45-28-32-47(58-6)33-29-45)46-30-34-48(59-7)35-31-46/h20-22,26-35,41-42,49-52H,8-19,23-25,37-40,54H2,1-7H3/t49-,50-,51-,52-,66?/m1/s1. The molecule has 0 bridgehead atoms. The van der Waals surface area contributed by atoms with E-state index in [9.17, 15) is 10.1 Å². The van der Waals surface area contributed by atoms with Crippen LogP contribution in [0.2, 0.25) is 0 Å². The van der Waals surface area contributed by atoms with Crippen LogP contribution in [0.5, 0.6) is 11.5 Å². The quantitative estimate of drug-likeness (QED) is 0.0187. The molecule has 0 spiro atoms. The molecule has 5 atom stereocenters. The number of unbranched alkanes of at least 4 members (excludes halogenated alkanes) is 13. The lowest BCUT2D eigenvalue weighted by Gasteiger charge is -2.39. The fourth-order valence-corrected chi connectivity index (χ4v) is 10.6. The SMILES string of the molecule is B[C@@H]1O[C@H](COC(c2ccccc2)(c2ccc(OC)cc2)c2ccc(OC)cc2)[C@@H](OP(OCCC#N)N(C(C)C)C(C)C)[C@H]1OCCCCCCCCCCCCCCCCOC(C)=O. The number of ether oxygens (including phenoxy) is 6. The van der Waals surface area contributed by atoms with E-state index in [1.807, 2.05) is 42.5 Å². The van der Waals surface area contributed by atoms with Crippen LogP contribution in [0.4, 0.5) is 0 Å². The fourth-order valence-electron chi connectivity index (χ4n) is 8.84. The highest BCUT2D eigenvalue weighted by atomic mass is 31.2. The van der Waals surface area contributed by atoms with Crippen molar-refractivity contribution < 1.29 is 42.3 Å². The minimum atomic E-state index is -1.60. The Bertz CT molecular complexity index is 1740. The van der Waals surface area contributed by atoms with Gasteiger partial charge in [-0.3, -0.25) is 4.79 Å². The van der Waals surface area contributed by atoms with Gasteiger partial charge < -0.3 is 37.5 Å². The number of carbonyl (C=O) groups excluding carboxylic acids is 1. The third-order valence-corrected chi connectivity index (χ3v) is 14.3. The van der Waals surface area contributed by atoms with Crippen molar-refractivity contribution in [2.45, 2.75) is 173 Å². The van der Waals surface area contributed by atoms with Crippen molar-refractivity contribution in [3.8, 4) is 17.6 Å². The summed E-state index contributed by atoms with van der Waals surface area (Å²) in [6.07, 6.45) is 15.8. The number of nitriles is 1. The van der Waals surface area contributed by atoms with Crippen LogP contribution in [0.25, 0.3) is 0 Å². The van der Waals surface area contributed by atoms with Gasteiger partial charge in [0.2, 0.25) is 0 Å². The van der Waals surface area contributed by atoms with Gasteiger partial charge in [-0.15, -0.1) is 0 Å². The molecule has 1 fully saturated rings. The van der Waals surface area contributed by atoms with Gasteiger partial charge in [-0.2, -0.15) is 5.26 Å². The lowest BCUT2D eigenvalue weighted by Crippen LogP contribution is -2.43. The van der Waals surface area contributed by atoms with E-state index in [4.69, 9.17) is 37.5 Å². The molecule has 1 saturated heterocycles. The van der Waals surface area contributed by atoms with Crippen LogP contribution in [0, 0.1) is 11.3 Å². The average Bonchev–Trinajstić information content (AvgIpc) is 3.61. The number of carbonyl (C=O) groups is 1. The summed E-state index contributed by atoms with van der Waals surface area (Å²) in [5.41, 5.74) is 1.78. The Balaban J connectivity index is 1.45. The molecule has 0 aromatic heterocycles. The van der Waals surface area contributed by atoms with E-state index in [0.717, 1.165) is 53.9 Å². The summed E-state index contributed by atoms with van der Waals surface area (Å²) in [5.74, 6) is 1.32. The molecule has 13 heteroatoms. The molecule has 3 aromatic rings. The molecule has 364 valence electrons. The Kier molecular flexibility index (Phi) is 25.7. The first-order chi connectivity index (χ1) is 32.0. The van der Waals surface area contributed by atoms with E-state index in [1.165, 1.54) is 71.1 Å². The second-order valence-corrected chi connectivity index (χ2v) is 19.3. The molecule has 66 heavy (non-hydrogen) atoms. The summed E-state index contributed by atoms with van der Waals surface area (Å²) in [5, 5.41) is 9.45. The molecular weight excluding hydrogens is 850 g/mol. The van der Waals surface area contributed by atoms with Crippen molar-refractivity contribution in [1.29, 1.82) is 5.26 Å². The van der Waals surface area contributed by atoms with E-state index >= 15 is 0 Å². The number of rotatable bonds is 34. The van der Waals surface area contributed by atoms with Crippen molar-refractivity contribution in [2.24, 2.45) is 0 Å². The number of benzene rings is 3. The van der Waals surface area contributed by atoms with Gasteiger partial charge in [0, 0.05) is 25.6 Å². The summed E-state index contributed by atoms with van der Waals surface area (Å²) < 4.78 is 53.0. The average molecular weight is 931 g/mol. The van der Waals surface area contributed by atoms with E-state index in [1.54, 1.807) is 14.2 Å². The molecule has 0 saturated carbocycles. The summed E-state index contributed by atoms with van der Waals surface area (Å²) >= 11 is 0. The van der Waals surface area contributed by atoms with Crippen LogP contribution in [-0.4, -0.2) is 95.5 Å². The highest BCUT2D eigenvalue weighted by Crippen LogP contribution is 2.50. The zero-order valence-electron chi connectivity index (χ0n) is 41.4. The van der Waals surface area contributed by atoms with Crippen LogP contribution >= 0.6 is 8.53 Å². The number of methoxy groups -OCH3 is 2. The van der Waals surface area contributed by atoms with Crippen molar-refractivity contribution in [3.63, 3.8) is 0 Å². The minimum absolute atomic E-state index is 0.129. The van der Waals surface area contributed by atoms with Gasteiger partial charge in [-0.25, -0.2) is 4.67 Å². The molecular formula is C53H80BN2O9P. The van der Waals surface area contributed by atoms with Crippen molar-refractivity contribution >= 4 is 22.3 Å². The molecule has 0 amide bonds. The second kappa shape index (κ2) is 30.8. The lowest BCUT2D eigenvalue weighted by molar-refractivity contribution is -0.141. The molecule has 1 aliphatic rings. The van der Waals surface area contributed by atoms with E-state index in [2.05, 4.69) is 82.7 Å². The Labute approximate surface area is 399 Å². The third-order valence-electron chi connectivity index (χ3n) is 12.2. The molecule has 1 aliphatic heterocycles.